The SMILES string of the molecule is CCC(C)c1ccccc1OCC(=O)N1CC(C)CC(C)C1. The predicted molar refractivity (Wildman–Crippen MR) is 90.2 cm³/mol. The van der Waals surface area contributed by atoms with E-state index in [-0.39, 0.29) is 12.5 Å². The number of carbonyl (C=O) groups excluding carboxylic acids is 1. The van der Waals surface area contributed by atoms with Crippen molar-refractivity contribution < 1.29 is 9.53 Å². The lowest BCUT2D eigenvalue weighted by Crippen LogP contribution is -2.44. The van der Waals surface area contributed by atoms with E-state index in [4.69, 9.17) is 4.74 Å². The summed E-state index contributed by atoms with van der Waals surface area (Å²) in [6.07, 6.45) is 2.27. The zero-order chi connectivity index (χ0) is 16.1. The topological polar surface area (TPSA) is 29.5 Å². The number of para-hydroxylation sites is 1. The highest BCUT2D eigenvalue weighted by molar-refractivity contribution is 5.78. The Labute approximate surface area is 134 Å². The molecule has 3 atom stereocenters. The van der Waals surface area contributed by atoms with Crippen molar-refractivity contribution in [2.24, 2.45) is 11.8 Å². The first-order valence-corrected chi connectivity index (χ1v) is 8.50. The zero-order valence-corrected chi connectivity index (χ0v) is 14.3. The third-order valence-electron chi connectivity index (χ3n) is 4.64. The van der Waals surface area contributed by atoms with Gasteiger partial charge in [-0.3, -0.25) is 4.79 Å². The highest BCUT2D eigenvalue weighted by Gasteiger charge is 2.25. The molecule has 0 aliphatic carbocycles. The lowest BCUT2D eigenvalue weighted by molar-refractivity contribution is -0.136. The van der Waals surface area contributed by atoms with Gasteiger partial charge < -0.3 is 9.64 Å². The van der Waals surface area contributed by atoms with Crippen LogP contribution in [-0.2, 0) is 4.79 Å². The number of carbonyl (C=O) groups is 1. The van der Waals surface area contributed by atoms with Crippen molar-refractivity contribution in [2.45, 2.75) is 46.5 Å². The summed E-state index contributed by atoms with van der Waals surface area (Å²) in [7, 11) is 0. The molecule has 0 N–H and O–H groups in total. The van der Waals surface area contributed by atoms with Gasteiger partial charge in [0.15, 0.2) is 6.61 Å². The van der Waals surface area contributed by atoms with Crippen LogP contribution in [0.4, 0.5) is 0 Å². The van der Waals surface area contributed by atoms with Gasteiger partial charge in [0.25, 0.3) is 5.91 Å². The minimum atomic E-state index is 0.109. The van der Waals surface area contributed by atoms with Gasteiger partial charge in [-0.1, -0.05) is 45.9 Å². The molecule has 1 aromatic carbocycles. The minimum Gasteiger partial charge on any atom is -0.483 e. The second-order valence-corrected chi connectivity index (χ2v) is 6.88. The molecule has 1 aromatic rings. The average molecular weight is 303 g/mol. The van der Waals surface area contributed by atoms with Crippen LogP contribution in [0.1, 0.15) is 52.0 Å². The minimum absolute atomic E-state index is 0.109. The van der Waals surface area contributed by atoms with E-state index < -0.39 is 0 Å². The van der Waals surface area contributed by atoms with Gasteiger partial charge in [0.05, 0.1) is 0 Å². The highest BCUT2D eigenvalue weighted by Crippen LogP contribution is 2.28. The number of benzene rings is 1. The van der Waals surface area contributed by atoms with Crippen molar-refractivity contribution >= 4 is 5.91 Å². The van der Waals surface area contributed by atoms with Gasteiger partial charge in [-0.05, 0) is 42.2 Å². The van der Waals surface area contributed by atoms with Crippen LogP contribution in [-0.4, -0.2) is 30.5 Å². The van der Waals surface area contributed by atoms with Crippen LogP contribution in [0.5, 0.6) is 5.75 Å². The number of rotatable bonds is 5. The van der Waals surface area contributed by atoms with Crippen LogP contribution < -0.4 is 4.74 Å². The number of hydrogen-bond donors (Lipinski definition) is 0. The molecule has 0 aromatic heterocycles. The Hall–Kier alpha value is -1.51. The molecule has 0 saturated carbocycles. The van der Waals surface area contributed by atoms with Gasteiger partial charge in [0.2, 0.25) is 0 Å². The Bertz CT molecular complexity index is 490. The first-order valence-electron chi connectivity index (χ1n) is 8.50. The van der Waals surface area contributed by atoms with Crippen molar-refractivity contribution in [3.05, 3.63) is 29.8 Å². The molecular weight excluding hydrogens is 274 g/mol. The van der Waals surface area contributed by atoms with Gasteiger partial charge in [0, 0.05) is 13.1 Å². The van der Waals surface area contributed by atoms with Crippen molar-refractivity contribution in [3.63, 3.8) is 0 Å². The number of ether oxygens (including phenoxy) is 1. The fourth-order valence-corrected chi connectivity index (χ4v) is 3.34. The second-order valence-electron chi connectivity index (χ2n) is 6.88. The van der Waals surface area contributed by atoms with Gasteiger partial charge in [0.1, 0.15) is 5.75 Å². The Kier molecular flexibility index (Phi) is 5.87. The molecule has 1 fully saturated rings. The number of likely N-dealkylation sites (tertiary alicyclic amines) is 1. The molecule has 0 spiro atoms. The van der Waals surface area contributed by atoms with E-state index in [1.54, 1.807) is 0 Å². The predicted octanol–water partition coefficient (Wildman–Crippen LogP) is 4.08. The zero-order valence-electron chi connectivity index (χ0n) is 14.3. The number of nitrogens with zero attached hydrogens (tertiary/aromatic N) is 1. The quantitative estimate of drug-likeness (QED) is 0.820. The molecule has 2 rings (SSSR count). The van der Waals surface area contributed by atoms with E-state index in [0.717, 1.165) is 25.3 Å². The molecule has 0 radical (unpaired) electrons. The van der Waals surface area contributed by atoms with Crippen LogP contribution in [0.2, 0.25) is 0 Å². The fourth-order valence-electron chi connectivity index (χ4n) is 3.34. The first kappa shape index (κ1) is 16.9. The fraction of sp³-hybridized carbons (Fsp3) is 0.632. The molecule has 0 bridgehead atoms. The Morgan fingerprint density at radius 1 is 1.27 bits per heavy atom. The van der Waals surface area contributed by atoms with Gasteiger partial charge in [-0.2, -0.15) is 0 Å². The maximum Gasteiger partial charge on any atom is 0.260 e. The van der Waals surface area contributed by atoms with Gasteiger partial charge in [-0.25, -0.2) is 0 Å². The van der Waals surface area contributed by atoms with E-state index >= 15 is 0 Å². The molecular formula is C19H29NO2. The third-order valence-corrected chi connectivity index (χ3v) is 4.64. The molecule has 3 unspecified atom stereocenters. The molecule has 1 aliphatic heterocycles. The molecule has 3 nitrogen and oxygen atoms in total. The Morgan fingerprint density at radius 2 is 1.91 bits per heavy atom. The molecule has 1 heterocycles. The van der Waals surface area contributed by atoms with Gasteiger partial charge in [-0.15, -0.1) is 0 Å². The smallest absolute Gasteiger partial charge is 0.260 e. The normalized spacial score (nSPS) is 23.2. The number of piperidine rings is 1. The maximum absolute atomic E-state index is 12.4. The Morgan fingerprint density at radius 3 is 2.55 bits per heavy atom. The maximum atomic E-state index is 12.4. The standard InChI is InChI=1S/C19H29NO2/c1-5-16(4)17-8-6-7-9-18(17)22-13-19(21)20-11-14(2)10-15(3)12-20/h6-9,14-16H,5,10-13H2,1-4H3. The van der Waals surface area contributed by atoms with Gasteiger partial charge >= 0.3 is 0 Å². The summed E-state index contributed by atoms with van der Waals surface area (Å²) < 4.78 is 5.85. The van der Waals surface area contributed by atoms with E-state index in [9.17, 15) is 4.79 Å². The van der Waals surface area contributed by atoms with E-state index in [0.29, 0.717) is 17.8 Å². The molecule has 1 amide bonds. The monoisotopic (exact) mass is 303 g/mol. The lowest BCUT2D eigenvalue weighted by Gasteiger charge is -2.35. The molecule has 122 valence electrons. The van der Waals surface area contributed by atoms with Crippen LogP contribution >= 0.6 is 0 Å². The summed E-state index contributed by atoms with van der Waals surface area (Å²) in [6, 6.07) is 8.07. The summed E-state index contributed by atoms with van der Waals surface area (Å²) in [5, 5.41) is 0. The van der Waals surface area contributed by atoms with Crippen LogP contribution in [0, 0.1) is 11.8 Å². The summed E-state index contributed by atoms with van der Waals surface area (Å²) in [4.78, 5) is 14.4. The molecule has 1 saturated heterocycles. The van der Waals surface area contributed by atoms with Crippen LogP contribution in [0.3, 0.4) is 0 Å². The molecule has 3 heteroatoms. The second kappa shape index (κ2) is 7.66. The molecule has 1 aliphatic rings. The van der Waals surface area contributed by atoms with Crippen molar-refractivity contribution in [1.29, 1.82) is 0 Å². The summed E-state index contributed by atoms with van der Waals surface area (Å²) >= 11 is 0. The summed E-state index contributed by atoms with van der Waals surface area (Å²) in [6.45, 7) is 10.7. The summed E-state index contributed by atoms with van der Waals surface area (Å²) in [5.74, 6) is 2.57. The van der Waals surface area contributed by atoms with Crippen molar-refractivity contribution in [1.82, 2.24) is 4.90 Å². The summed E-state index contributed by atoms with van der Waals surface area (Å²) in [5.41, 5.74) is 1.19. The van der Waals surface area contributed by atoms with Crippen LogP contribution in [0.15, 0.2) is 24.3 Å². The van der Waals surface area contributed by atoms with E-state index in [1.807, 2.05) is 23.1 Å². The first-order chi connectivity index (χ1) is 10.5. The average Bonchev–Trinajstić information content (AvgIpc) is 2.51. The van der Waals surface area contributed by atoms with E-state index in [1.165, 1.54) is 12.0 Å². The molecule has 22 heavy (non-hydrogen) atoms. The van der Waals surface area contributed by atoms with Crippen molar-refractivity contribution in [3.8, 4) is 5.75 Å². The van der Waals surface area contributed by atoms with Crippen LogP contribution in [0.25, 0.3) is 0 Å². The highest BCUT2D eigenvalue weighted by atomic mass is 16.5. The number of hydrogen-bond acceptors (Lipinski definition) is 2. The van der Waals surface area contributed by atoms with Crippen molar-refractivity contribution in [2.75, 3.05) is 19.7 Å². The largest absolute Gasteiger partial charge is 0.483 e. The third kappa shape index (κ3) is 4.25. The Balaban J connectivity index is 1.97. The lowest BCUT2D eigenvalue weighted by atomic mass is 9.92. The van der Waals surface area contributed by atoms with E-state index in [2.05, 4.69) is 33.8 Å². The number of amides is 1.